The number of hydrogen-bond donors (Lipinski definition) is 1. The van der Waals surface area contributed by atoms with Gasteiger partial charge in [0.1, 0.15) is 5.75 Å². The minimum absolute atomic E-state index is 0.143. The molecule has 1 heterocycles. The second-order valence-corrected chi connectivity index (χ2v) is 7.12. The molecule has 0 atom stereocenters. The van der Waals surface area contributed by atoms with Gasteiger partial charge in [0, 0.05) is 28.2 Å². The average Bonchev–Trinajstić information content (AvgIpc) is 3.22. The molecule has 0 saturated carbocycles. The third-order valence-corrected chi connectivity index (χ3v) is 5.02. The molecule has 7 heteroatoms. The first-order valence-electron chi connectivity index (χ1n) is 10.1. The van der Waals surface area contributed by atoms with Crippen LogP contribution >= 0.6 is 0 Å². The molecule has 0 unspecified atom stereocenters. The number of nitrogens with zero attached hydrogens (tertiary/aromatic N) is 1. The van der Waals surface area contributed by atoms with Crippen LogP contribution in [0, 0.1) is 0 Å². The number of H-pyrrole nitrogens is 1. The molecule has 0 radical (unpaired) electrons. The van der Waals surface area contributed by atoms with Gasteiger partial charge < -0.3 is 14.6 Å². The number of nitrogens with one attached hydrogen (secondary N) is 1. The van der Waals surface area contributed by atoms with E-state index in [1.807, 2.05) is 44.3 Å². The van der Waals surface area contributed by atoms with Gasteiger partial charge in [-0.3, -0.25) is 0 Å². The van der Waals surface area contributed by atoms with E-state index < -0.39 is 11.7 Å². The van der Waals surface area contributed by atoms with Gasteiger partial charge in [-0.1, -0.05) is 24.2 Å². The molecule has 0 aliphatic heterocycles. The Kier molecular flexibility index (Phi) is 6.73. The Morgan fingerprint density at radius 2 is 1.84 bits per heavy atom. The van der Waals surface area contributed by atoms with E-state index in [2.05, 4.69) is 10.1 Å². The summed E-state index contributed by atoms with van der Waals surface area (Å²) < 4.78 is 45.9. The van der Waals surface area contributed by atoms with Crippen LogP contribution in [0.5, 0.6) is 5.75 Å². The van der Waals surface area contributed by atoms with Crippen LogP contribution in [-0.4, -0.2) is 17.3 Å². The Hall–Kier alpha value is -3.22. The van der Waals surface area contributed by atoms with Crippen molar-refractivity contribution in [1.82, 2.24) is 4.98 Å². The molecule has 3 rings (SSSR count). The summed E-state index contributed by atoms with van der Waals surface area (Å²) in [5.74, 6) is 0.0997. The molecule has 4 nitrogen and oxygen atoms in total. The molecule has 0 aliphatic carbocycles. The Bertz CT molecular complexity index is 1130. The smallest absolute Gasteiger partial charge is 0.419 e. The van der Waals surface area contributed by atoms with Crippen molar-refractivity contribution in [3.05, 3.63) is 70.9 Å². The van der Waals surface area contributed by atoms with Gasteiger partial charge in [0.2, 0.25) is 0 Å². The van der Waals surface area contributed by atoms with Crippen LogP contribution in [0.25, 0.3) is 16.7 Å². The summed E-state index contributed by atoms with van der Waals surface area (Å²) in [6.07, 6.45) is -2.10. The van der Waals surface area contributed by atoms with Crippen LogP contribution in [-0.2, 0) is 11.0 Å². The standard InChI is InChI=1S/C24H25F3N2O2/c1-5-15(3)23(17-10-11-22(30-6-2)20(14-17)24(25,26)27)31-29-16(4)18-8-7-9-21-19(18)12-13-28-21/h7-14,28H,5-6H2,1-4H3/b23-15?,29-16+. The lowest BCUT2D eigenvalue weighted by Crippen LogP contribution is -2.10. The van der Waals surface area contributed by atoms with E-state index in [0.717, 1.165) is 28.1 Å². The van der Waals surface area contributed by atoms with Crippen LogP contribution in [0.15, 0.2) is 59.4 Å². The van der Waals surface area contributed by atoms with Crippen LogP contribution < -0.4 is 4.74 Å². The molecule has 31 heavy (non-hydrogen) atoms. The highest BCUT2D eigenvalue weighted by Gasteiger charge is 2.35. The van der Waals surface area contributed by atoms with Crippen molar-refractivity contribution in [1.29, 1.82) is 0 Å². The molecule has 0 aliphatic rings. The molecule has 164 valence electrons. The first-order valence-corrected chi connectivity index (χ1v) is 10.1. The van der Waals surface area contributed by atoms with Gasteiger partial charge in [-0.15, -0.1) is 0 Å². The lowest BCUT2D eigenvalue weighted by molar-refractivity contribution is -0.138. The highest BCUT2D eigenvalue weighted by molar-refractivity contribution is 6.09. The van der Waals surface area contributed by atoms with Crippen molar-refractivity contribution in [3.63, 3.8) is 0 Å². The van der Waals surface area contributed by atoms with Gasteiger partial charge in [0.05, 0.1) is 17.9 Å². The van der Waals surface area contributed by atoms with Crippen LogP contribution in [0.2, 0.25) is 0 Å². The third kappa shape index (κ3) is 4.93. The maximum Gasteiger partial charge on any atom is 0.419 e. The van der Waals surface area contributed by atoms with Gasteiger partial charge >= 0.3 is 6.18 Å². The van der Waals surface area contributed by atoms with E-state index in [0.29, 0.717) is 23.5 Å². The first kappa shape index (κ1) is 22.5. The summed E-state index contributed by atoms with van der Waals surface area (Å²) in [6, 6.07) is 11.7. The fourth-order valence-corrected chi connectivity index (χ4v) is 3.28. The van der Waals surface area contributed by atoms with Crippen LogP contribution in [0.3, 0.4) is 0 Å². The van der Waals surface area contributed by atoms with Gasteiger partial charge in [0.25, 0.3) is 0 Å². The lowest BCUT2D eigenvalue weighted by atomic mass is 10.0. The minimum atomic E-state index is -4.55. The molecule has 0 amide bonds. The van der Waals surface area contributed by atoms with E-state index in [-0.39, 0.29) is 12.4 Å². The maximum atomic E-state index is 13.6. The van der Waals surface area contributed by atoms with E-state index in [1.54, 1.807) is 19.9 Å². The van der Waals surface area contributed by atoms with E-state index >= 15 is 0 Å². The predicted molar refractivity (Wildman–Crippen MR) is 117 cm³/mol. The Morgan fingerprint density at radius 1 is 1.06 bits per heavy atom. The SMILES string of the molecule is CCOc1ccc(C(O/N=C(\C)c2cccc3[nH]ccc23)=C(C)CC)cc1C(F)(F)F. The zero-order valence-electron chi connectivity index (χ0n) is 17.9. The monoisotopic (exact) mass is 430 g/mol. The van der Waals surface area contributed by atoms with Crippen LogP contribution in [0.1, 0.15) is 50.8 Å². The van der Waals surface area contributed by atoms with E-state index in [1.165, 1.54) is 6.07 Å². The van der Waals surface area contributed by atoms with Crippen molar-refractivity contribution in [2.75, 3.05) is 6.61 Å². The summed E-state index contributed by atoms with van der Waals surface area (Å²) in [4.78, 5) is 8.88. The van der Waals surface area contributed by atoms with Gasteiger partial charge in [-0.2, -0.15) is 13.2 Å². The number of benzene rings is 2. The zero-order chi connectivity index (χ0) is 22.6. The molecule has 3 aromatic rings. The number of oxime groups is 1. The molecule has 1 aromatic heterocycles. The Labute approximate surface area is 179 Å². The number of rotatable bonds is 7. The largest absolute Gasteiger partial charge is 0.493 e. The maximum absolute atomic E-state index is 13.6. The lowest BCUT2D eigenvalue weighted by Gasteiger charge is -2.16. The van der Waals surface area contributed by atoms with E-state index in [9.17, 15) is 13.2 Å². The highest BCUT2D eigenvalue weighted by Crippen LogP contribution is 2.38. The zero-order valence-corrected chi connectivity index (χ0v) is 17.9. The molecule has 1 N–H and O–H groups in total. The summed E-state index contributed by atoms with van der Waals surface area (Å²) in [5.41, 5.74) is 2.72. The summed E-state index contributed by atoms with van der Waals surface area (Å²) in [6.45, 7) is 7.32. The Morgan fingerprint density at radius 3 is 2.52 bits per heavy atom. The van der Waals surface area contributed by atoms with Crippen molar-refractivity contribution in [2.45, 2.75) is 40.3 Å². The third-order valence-electron chi connectivity index (χ3n) is 5.02. The number of alkyl halides is 3. The Balaban J connectivity index is 2.00. The second kappa shape index (κ2) is 9.29. The number of fused-ring (bicyclic) bond motifs is 1. The van der Waals surface area contributed by atoms with Crippen molar-refractivity contribution < 1.29 is 22.7 Å². The molecule has 0 fully saturated rings. The van der Waals surface area contributed by atoms with Gasteiger partial charge in [-0.25, -0.2) is 0 Å². The molecular formula is C24H25F3N2O2. The van der Waals surface area contributed by atoms with Gasteiger partial charge in [0.15, 0.2) is 5.76 Å². The number of aromatic nitrogens is 1. The predicted octanol–water partition coefficient (Wildman–Crippen LogP) is 7.17. The topological polar surface area (TPSA) is 46.6 Å². The summed E-state index contributed by atoms with van der Waals surface area (Å²) in [5, 5.41) is 5.24. The number of allylic oxidation sites excluding steroid dienone is 1. The summed E-state index contributed by atoms with van der Waals surface area (Å²) in [7, 11) is 0. The first-order chi connectivity index (χ1) is 14.8. The van der Waals surface area contributed by atoms with Crippen LogP contribution in [0.4, 0.5) is 13.2 Å². The fourth-order valence-electron chi connectivity index (χ4n) is 3.28. The van der Waals surface area contributed by atoms with E-state index in [4.69, 9.17) is 9.57 Å². The number of halogens is 3. The quantitative estimate of drug-likeness (QED) is 0.245. The van der Waals surface area contributed by atoms with Crippen molar-refractivity contribution >= 4 is 22.4 Å². The molecule has 2 aromatic carbocycles. The molecular weight excluding hydrogens is 405 g/mol. The summed E-state index contributed by atoms with van der Waals surface area (Å²) >= 11 is 0. The molecule has 0 spiro atoms. The molecule has 0 bridgehead atoms. The number of aromatic amines is 1. The van der Waals surface area contributed by atoms with Crippen molar-refractivity contribution in [2.24, 2.45) is 5.16 Å². The fraction of sp³-hybridized carbons (Fsp3) is 0.292. The number of hydrogen-bond acceptors (Lipinski definition) is 3. The minimum Gasteiger partial charge on any atom is -0.493 e. The molecule has 0 saturated heterocycles. The number of ether oxygens (including phenoxy) is 1. The highest BCUT2D eigenvalue weighted by atomic mass is 19.4. The normalized spacial score (nSPS) is 13.3. The van der Waals surface area contributed by atoms with Crippen molar-refractivity contribution in [3.8, 4) is 5.75 Å². The average molecular weight is 430 g/mol. The van der Waals surface area contributed by atoms with Gasteiger partial charge in [-0.05, 0) is 63.1 Å². The second-order valence-electron chi connectivity index (χ2n) is 7.12.